The Labute approximate surface area is 196 Å². The van der Waals surface area contributed by atoms with Gasteiger partial charge in [-0.25, -0.2) is 13.2 Å². The van der Waals surface area contributed by atoms with Crippen LogP contribution in [0.1, 0.15) is 34.1 Å². The number of amides is 1. The van der Waals surface area contributed by atoms with Crippen molar-refractivity contribution in [1.29, 1.82) is 0 Å². The van der Waals surface area contributed by atoms with Crippen molar-refractivity contribution in [3.8, 4) is 11.8 Å². The largest absolute Gasteiger partial charge is 0.378 e. The second-order valence-electron chi connectivity index (χ2n) is 7.58. The summed E-state index contributed by atoms with van der Waals surface area (Å²) in [6.07, 6.45) is -1.45. The van der Waals surface area contributed by atoms with E-state index in [0.717, 1.165) is 23.6 Å². The predicted molar refractivity (Wildman–Crippen MR) is 117 cm³/mol. The molecule has 1 saturated heterocycles. The number of pyridine rings is 1. The number of halogens is 4. The Bertz CT molecular complexity index is 1170. The van der Waals surface area contributed by atoms with Gasteiger partial charge in [-0.15, -0.1) is 11.3 Å². The van der Waals surface area contributed by atoms with Gasteiger partial charge in [0, 0.05) is 25.5 Å². The van der Waals surface area contributed by atoms with Crippen LogP contribution in [-0.4, -0.2) is 41.9 Å². The fourth-order valence-electron chi connectivity index (χ4n) is 3.40. The van der Waals surface area contributed by atoms with Crippen molar-refractivity contribution in [2.75, 3.05) is 13.2 Å². The molecule has 33 heavy (non-hydrogen) atoms. The minimum atomic E-state index is -2.84. The third kappa shape index (κ3) is 6.93. The molecule has 0 spiro atoms. The van der Waals surface area contributed by atoms with E-state index in [2.05, 4.69) is 17.2 Å². The number of carbonyl (C=O) groups excluding carboxylic acids is 2. The number of ketones is 1. The lowest BCUT2D eigenvalue weighted by Gasteiger charge is -2.26. The average molecular weight is 501 g/mol. The molecule has 1 aliphatic rings. The van der Waals surface area contributed by atoms with Crippen LogP contribution in [0, 0.1) is 23.6 Å². The van der Waals surface area contributed by atoms with Crippen LogP contribution in [0.5, 0.6) is 0 Å². The van der Waals surface area contributed by atoms with Crippen LogP contribution in [-0.2, 0) is 22.5 Å². The summed E-state index contributed by atoms with van der Waals surface area (Å²) in [6, 6.07) is 2.26. The summed E-state index contributed by atoms with van der Waals surface area (Å²) in [7, 11) is 0. The molecule has 1 aliphatic heterocycles. The van der Waals surface area contributed by atoms with E-state index < -0.39 is 30.1 Å². The molecule has 2 unspecified atom stereocenters. The first-order chi connectivity index (χ1) is 15.6. The standard InChI is InChI=1S/C22H20ClF3N2O4S/c1-12(29)27-16-4-13(10-32-11-16)2-3-15-7-19(33-21(15)23)18(30)6-14-5-17(24)22(31)28(8-14)9-20(25)26/h5,7-8,13,16,20H,4,6,9-11H2,1H3,(H,27,29). The van der Waals surface area contributed by atoms with Crippen LogP contribution in [0.4, 0.5) is 13.2 Å². The maximum absolute atomic E-state index is 13.8. The summed E-state index contributed by atoms with van der Waals surface area (Å²) in [5, 5.41) is 2.80. The van der Waals surface area contributed by atoms with E-state index in [1.807, 2.05) is 0 Å². The van der Waals surface area contributed by atoms with Crippen LogP contribution in [0.25, 0.3) is 0 Å². The quantitative estimate of drug-likeness (QED) is 0.488. The lowest BCUT2D eigenvalue weighted by Crippen LogP contribution is -2.42. The number of hydrogen-bond donors (Lipinski definition) is 1. The first kappa shape index (κ1) is 25.0. The van der Waals surface area contributed by atoms with Gasteiger partial charge in [-0.3, -0.25) is 14.4 Å². The zero-order valence-electron chi connectivity index (χ0n) is 17.5. The molecular formula is C22H20ClF3N2O4S. The zero-order valence-corrected chi connectivity index (χ0v) is 19.1. The van der Waals surface area contributed by atoms with Gasteiger partial charge in [0.15, 0.2) is 11.6 Å². The Morgan fingerprint density at radius 2 is 2.12 bits per heavy atom. The maximum atomic E-state index is 13.8. The summed E-state index contributed by atoms with van der Waals surface area (Å²) in [4.78, 5) is 35.8. The molecule has 3 rings (SSSR count). The lowest BCUT2D eigenvalue weighted by molar-refractivity contribution is -0.120. The Morgan fingerprint density at radius 3 is 2.82 bits per heavy atom. The van der Waals surface area contributed by atoms with Gasteiger partial charge in [-0.05, 0) is 24.1 Å². The molecule has 6 nitrogen and oxygen atoms in total. The molecule has 2 atom stereocenters. The molecule has 1 fully saturated rings. The highest BCUT2D eigenvalue weighted by molar-refractivity contribution is 7.18. The first-order valence-electron chi connectivity index (χ1n) is 9.98. The van der Waals surface area contributed by atoms with Crippen LogP contribution in [0.2, 0.25) is 4.34 Å². The van der Waals surface area contributed by atoms with Crippen molar-refractivity contribution in [3.05, 3.63) is 54.8 Å². The number of aromatic nitrogens is 1. The number of carbonyl (C=O) groups is 2. The van der Waals surface area contributed by atoms with Gasteiger partial charge in [-0.1, -0.05) is 23.4 Å². The Hall–Kier alpha value is -2.61. The number of Topliss-reactive ketones (excluding diaryl/α,β-unsaturated/α-hetero) is 1. The fourth-order valence-corrected chi connectivity index (χ4v) is 4.53. The Balaban J connectivity index is 1.71. The molecule has 0 saturated carbocycles. The monoisotopic (exact) mass is 500 g/mol. The van der Waals surface area contributed by atoms with Gasteiger partial charge in [-0.2, -0.15) is 0 Å². The van der Waals surface area contributed by atoms with Crippen molar-refractivity contribution >= 4 is 34.6 Å². The molecule has 0 bridgehead atoms. The molecule has 1 amide bonds. The second-order valence-corrected chi connectivity index (χ2v) is 9.23. The highest BCUT2D eigenvalue weighted by Gasteiger charge is 2.22. The summed E-state index contributed by atoms with van der Waals surface area (Å²) >= 11 is 7.22. The third-order valence-corrected chi connectivity index (χ3v) is 6.18. The molecule has 2 aromatic heterocycles. The van der Waals surface area contributed by atoms with E-state index in [9.17, 15) is 27.6 Å². The van der Waals surface area contributed by atoms with Gasteiger partial charge in [0.2, 0.25) is 5.91 Å². The number of alkyl halides is 2. The Morgan fingerprint density at radius 1 is 1.36 bits per heavy atom. The summed E-state index contributed by atoms with van der Waals surface area (Å²) in [5.74, 6) is 4.10. The van der Waals surface area contributed by atoms with Gasteiger partial charge in [0.05, 0.1) is 36.2 Å². The normalized spacial score (nSPS) is 18.0. The Kier molecular flexibility index (Phi) is 8.35. The second kappa shape index (κ2) is 11.0. The van der Waals surface area contributed by atoms with Gasteiger partial charge in [0.1, 0.15) is 4.34 Å². The highest BCUT2D eigenvalue weighted by Crippen LogP contribution is 2.28. The van der Waals surface area contributed by atoms with Crippen LogP contribution < -0.4 is 10.9 Å². The fraction of sp³-hybridized carbons (Fsp3) is 0.409. The van der Waals surface area contributed by atoms with E-state index in [1.54, 1.807) is 0 Å². The van der Waals surface area contributed by atoms with E-state index in [-0.39, 0.29) is 34.7 Å². The lowest BCUT2D eigenvalue weighted by atomic mass is 9.98. The van der Waals surface area contributed by atoms with Gasteiger partial charge in [0.25, 0.3) is 12.0 Å². The van der Waals surface area contributed by atoms with Gasteiger partial charge >= 0.3 is 0 Å². The molecule has 0 aromatic carbocycles. The number of nitrogens with one attached hydrogen (secondary N) is 1. The van der Waals surface area contributed by atoms with Crippen molar-refractivity contribution < 1.29 is 27.5 Å². The minimum Gasteiger partial charge on any atom is -0.378 e. The minimum absolute atomic E-state index is 0.0956. The molecule has 0 radical (unpaired) electrons. The molecule has 2 aromatic rings. The number of thiophene rings is 1. The summed E-state index contributed by atoms with van der Waals surface area (Å²) in [5.41, 5.74) is -0.630. The molecule has 176 valence electrons. The molecule has 0 aliphatic carbocycles. The van der Waals surface area contributed by atoms with E-state index in [0.29, 0.717) is 34.1 Å². The zero-order chi connectivity index (χ0) is 24.1. The average Bonchev–Trinajstić information content (AvgIpc) is 3.10. The van der Waals surface area contributed by atoms with Crippen molar-refractivity contribution in [2.45, 2.75) is 38.8 Å². The number of ether oxygens (including phenoxy) is 1. The molecule has 1 N–H and O–H groups in total. The maximum Gasteiger partial charge on any atom is 0.286 e. The van der Waals surface area contributed by atoms with Crippen LogP contribution in [0.3, 0.4) is 0 Å². The van der Waals surface area contributed by atoms with Crippen LogP contribution in [0.15, 0.2) is 23.1 Å². The van der Waals surface area contributed by atoms with E-state index in [1.165, 1.54) is 13.0 Å². The predicted octanol–water partition coefficient (Wildman–Crippen LogP) is 3.29. The smallest absolute Gasteiger partial charge is 0.286 e. The number of nitrogens with zero attached hydrogens (tertiary/aromatic N) is 1. The number of rotatable bonds is 6. The third-order valence-electron chi connectivity index (χ3n) is 4.79. The van der Waals surface area contributed by atoms with Crippen LogP contribution >= 0.6 is 22.9 Å². The first-order valence-corrected chi connectivity index (χ1v) is 11.2. The van der Waals surface area contributed by atoms with Gasteiger partial charge < -0.3 is 14.6 Å². The van der Waals surface area contributed by atoms with Crippen molar-refractivity contribution in [3.63, 3.8) is 0 Å². The summed E-state index contributed by atoms with van der Waals surface area (Å²) < 4.78 is 45.4. The molecule has 11 heteroatoms. The van der Waals surface area contributed by atoms with Crippen molar-refractivity contribution in [1.82, 2.24) is 9.88 Å². The van der Waals surface area contributed by atoms with Crippen molar-refractivity contribution in [2.24, 2.45) is 5.92 Å². The molecular weight excluding hydrogens is 481 g/mol. The van der Waals surface area contributed by atoms with E-state index >= 15 is 0 Å². The molecule has 3 heterocycles. The highest BCUT2D eigenvalue weighted by atomic mass is 35.5. The number of hydrogen-bond acceptors (Lipinski definition) is 5. The topological polar surface area (TPSA) is 77.4 Å². The summed E-state index contributed by atoms with van der Waals surface area (Å²) in [6.45, 7) is 1.30. The SMILES string of the molecule is CC(=O)NC1COCC(C#Cc2cc(C(=O)Cc3cc(F)c(=O)n(CC(F)F)c3)sc2Cl)C1. The van der Waals surface area contributed by atoms with E-state index in [4.69, 9.17) is 16.3 Å².